The molecule has 1 aliphatic rings. The molecule has 0 bridgehead atoms. The van der Waals surface area contributed by atoms with Gasteiger partial charge in [-0.05, 0) is 40.3 Å². The van der Waals surface area contributed by atoms with Crippen molar-refractivity contribution in [2.75, 3.05) is 5.32 Å². The molecule has 0 amide bonds. The smallest absolute Gasteiger partial charge is 0.288 e. The molecule has 1 aliphatic heterocycles. The van der Waals surface area contributed by atoms with E-state index in [1.165, 1.54) is 12.1 Å². The van der Waals surface area contributed by atoms with Crippen molar-refractivity contribution in [3.05, 3.63) is 81.9 Å². The molecular formula is C18H12FN7O. The number of halogens is 1. The van der Waals surface area contributed by atoms with E-state index in [9.17, 15) is 9.18 Å². The van der Waals surface area contributed by atoms with Crippen LogP contribution in [0.3, 0.4) is 0 Å². The number of rotatable bonds is 2. The fraction of sp³-hybridized carbons (Fsp3) is 0.0556. The molecule has 0 fully saturated rings. The Morgan fingerprint density at radius 1 is 1.04 bits per heavy atom. The van der Waals surface area contributed by atoms with Gasteiger partial charge in [0.05, 0.1) is 5.69 Å². The van der Waals surface area contributed by atoms with Gasteiger partial charge >= 0.3 is 0 Å². The molecule has 0 saturated heterocycles. The molecule has 4 aromatic rings. The number of hydrogen-bond acceptors (Lipinski definition) is 6. The number of H-pyrrole nitrogens is 1. The summed E-state index contributed by atoms with van der Waals surface area (Å²) in [6, 6.07) is 15.1. The fourth-order valence-corrected chi connectivity index (χ4v) is 3.31. The van der Waals surface area contributed by atoms with Crippen molar-refractivity contribution in [2.45, 2.75) is 6.04 Å². The quantitative estimate of drug-likeness (QED) is 0.500. The van der Waals surface area contributed by atoms with Crippen molar-refractivity contribution in [3.8, 4) is 11.3 Å². The molecule has 1 atom stereocenters. The number of nitrogens with one attached hydrogen (secondary N) is 2. The molecule has 0 radical (unpaired) electrons. The van der Waals surface area contributed by atoms with Crippen LogP contribution in [0.5, 0.6) is 0 Å². The molecule has 0 unspecified atom stereocenters. The number of anilines is 2. The minimum atomic E-state index is -0.456. The maximum Gasteiger partial charge on any atom is 0.288 e. The highest BCUT2D eigenvalue weighted by Gasteiger charge is 2.34. The van der Waals surface area contributed by atoms with Gasteiger partial charge in [0.1, 0.15) is 17.5 Å². The Morgan fingerprint density at radius 3 is 2.59 bits per heavy atom. The summed E-state index contributed by atoms with van der Waals surface area (Å²) in [5, 5.41) is 21.5. The van der Waals surface area contributed by atoms with Crippen molar-refractivity contribution in [2.24, 2.45) is 0 Å². The molecule has 2 N–H and O–H groups in total. The number of fused-ring (bicyclic) bond motifs is 2. The van der Waals surface area contributed by atoms with E-state index >= 15 is 0 Å². The Bertz CT molecular complexity index is 1180. The normalized spacial score (nSPS) is 14.9. The van der Waals surface area contributed by atoms with E-state index < -0.39 is 6.04 Å². The van der Waals surface area contributed by atoms with E-state index in [1.807, 2.05) is 30.3 Å². The number of tetrazole rings is 1. The Labute approximate surface area is 151 Å². The SMILES string of the molecule is O=c1[nH]nc(-c2ccc(F)cc2)c2c1Nc1nnnn1[C@@H]2c1ccccc1. The summed E-state index contributed by atoms with van der Waals surface area (Å²) in [6.45, 7) is 0. The van der Waals surface area contributed by atoms with Gasteiger partial charge < -0.3 is 5.32 Å². The van der Waals surface area contributed by atoms with E-state index in [-0.39, 0.29) is 11.4 Å². The zero-order chi connectivity index (χ0) is 18.4. The van der Waals surface area contributed by atoms with Crippen molar-refractivity contribution in [1.29, 1.82) is 0 Å². The number of hydrogen-bond donors (Lipinski definition) is 2. The van der Waals surface area contributed by atoms with Crippen molar-refractivity contribution in [1.82, 2.24) is 30.4 Å². The van der Waals surface area contributed by atoms with Gasteiger partial charge in [0, 0.05) is 11.1 Å². The van der Waals surface area contributed by atoms with Gasteiger partial charge in [-0.2, -0.15) is 9.78 Å². The highest BCUT2D eigenvalue weighted by atomic mass is 19.1. The monoisotopic (exact) mass is 361 g/mol. The van der Waals surface area contributed by atoms with Crippen LogP contribution in [0.15, 0.2) is 59.4 Å². The summed E-state index contributed by atoms with van der Waals surface area (Å²) in [5.74, 6) is 0.00986. The molecule has 0 spiro atoms. The Morgan fingerprint density at radius 2 is 1.81 bits per heavy atom. The molecule has 0 aliphatic carbocycles. The summed E-state index contributed by atoms with van der Waals surface area (Å²) in [6.07, 6.45) is 0. The molecule has 132 valence electrons. The Balaban J connectivity index is 1.82. The van der Waals surface area contributed by atoms with Gasteiger partial charge in [0.25, 0.3) is 5.56 Å². The van der Waals surface area contributed by atoms with Crippen molar-refractivity contribution in [3.63, 3.8) is 0 Å². The molecule has 0 saturated carbocycles. The van der Waals surface area contributed by atoms with Crippen molar-refractivity contribution < 1.29 is 4.39 Å². The summed E-state index contributed by atoms with van der Waals surface area (Å²) in [7, 11) is 0. The standard InChI is InChI=1S/C18H12FN7O/c19-12-8-6-10(7-9-12)14-13-15(17(27)22-21-14)20-18-23-24-25-26(18)16(13)11-4-2-1-3-5-11/h1-9,16H,(H,22,27)(H,20,23,25)/t16-/m1/s1. The van der Waals surface area contributed by atoms with Gasteiger partial charge in [-0.15, -0.1) is 0 Å². The Kier molecular flexibility index (Phi) is 3.32. The maximum atomic E-state index is 13.4. The van der Waals surface area contributed by atoms with Crippen LogP contribution >= 0.6 is 0 Å². The summed E-state index contributed by atoms with van der Waals surface area (Å²) >= 11 is 0. The van der Waals surface area contributed by atoms with Gasteiger partial charge in [0.2, 0.25) is 5.95 Å². The van der Waals surface area contributed by atoms with Gasteiger partial charge in [0.15, 0.2) is 0 Å². The lowest BCUT2D eigenvalue weighted by Crippen LogP contribution is -2.29. The zero-order valence-electron chi connectivity index (χ0n) is 13.8. The van der Waals surface area contributed by atoms with E-state index in [1.54, 1.807) is 16.8 Å². The fourth-order valence-electron chi connectivity index (χ4n) is 3.31. The lowest BCUT2D eigenvalue weighted by molar-refractivity contribution is 0.567. The van der Waals surface area contributed by atoms with Crippen LogP contribution < -0.4 is 10.9 Å². The van der Waals surface area contributed by atoms with Crippen LogP contribution in [0.4, 0.5) is 16.0 Å². The van der Waals surface area contributed by atoms with E-state index in [0.29, 0.717) is 28.5 Å². The largest absolute Gasteiger partial charge is 0.318 e. The minimum Gasteiger partial charge on any atom is -0.318 e. The third-order valence-electron chi connectivity index (χ3n) is 4.50. The summed E-state index contributed by atoms with van der Waals surface area (Å²) < 4.78 is 15.0. The van der Waals surface area contributed by atoms with E-state index in [4.69, 9.17) is 0 Å². The lowest BCUT2D eigenvalue weighted by atomic mass is 9.92. The Hall–Kier alpha value is -3.88. The van der Waals surface area contributed by atoms with E-state index in [2.05, 4.69) is 31.0 Å². The molecule has 27 heavy (non-hydrogen) atoms. The average molecular weight is 361 g/mol. The first-order valence-electron chi connectivity index (χ1n) is 8.21. The molecule has 2 aromatic carbocycles. The number of nitrogens with zero attached hydrogens (tertiary/aromatic N) is 5. The maximum absolute atomic E-state index is 13.4. The predicted octanol–water partition coefficient (Wildman–Crippen LogP) is 2.26. The van der Waals surface area contributed by atoms with E-state index in [0.717, 1.165) is 5.56 Å². The van der Waals surface area contributed by atoms with Crippen LogP contribution in [0.25, 0.3) is 11.3 Å². The first kappa shape index (κ1) is 15.4. The van der Waals surface area contributed by atoms with Gasteiger partial charge in [-0.1, -0.05) is 35.4 Å². The zero-order valence-corrected chi connectivity index (χ0v) is 13.8. The number of aromatic amines is 1. The third-order valence-corrected chi connectivity index (χ3v) is 4.50. The first-order valence-corrected chi connectivity index (χ1v) is 8.21. The second kappa shape index (κ2) is 5.84. The molecule has 3 heterocycles. The lowest BCUT2D eigenvalue weighted by Gasteiger charge is -2.27. The highest BCUT2D eigenvalue weighted by Crippen LogP contribution is 2.40. The topological polar surface area (TPSA) is 101 Å². The third kappa shape index (κ3) is 2.40. The van der Waals surface area contributed by atoms with Crippen LogP contribution in [0.1, 0.15) is 17.2 Å². The molecule has 2 aromatic heterocycles. The summed E-state index contributed by atoms with van der Waals surface area (Å²) in [4.78, 5) is 12.5. The predicted molar refractivity (Wildman–Crippen MR) is 95.0 cm³/mol. The molecule has 8 nitrogen and oxygen atoms in total. The van der Waals surface area contributed by atoms with Crippen LogP contribution in [-0.4, -0.2) is 30.4 Å². The van der Waals surface area contributed by atoms with Gasteiger partial charge in [-0.3, -0.25) is 4.79 Å². The highest BCUT2D eigenvalue weighted by molar-refractivity contribution is 5.75. The van der Waals surface area contributed by atoms with Crippen LogP contribution in [-0.2, 0) is 0 Å². The van der Waals surface area contributed by atoms with Crippen LogP contribution in [0, 0.1) is 5.82 Å². The molecule has 5 rings (SSSR count). The van der Waals surface area contributed by atoms with Crippen molar-refractivity contribution >= 4 is 11.6 Å². The average Bonchev–Trinajstić information content (AvgIpc) is 3.17. The van der Waals surface area contributed by atoms with Gasteiger partial charge in [-0.25, -0.2) is 9.49 Å². The molecule has 9 heteroatoms. The minimum absolute atomic E-state index is 0.320. The summed E-state index contributed by atoms with van der Waals surface area (Å²) in [5.41, 5.74) is 2.64. The molecular weight excluding hydrogens is 349 g/mol. The number of benzene rings is 2. The second-order valence-electron chi connectivity index (χ2n) is 6.08. The second-order valence-corrected chi connectivity index (χ2v) is 6.08. The van der Waals surface area contributed by atoms with Crippen LogP contribution in [0.2, 0.25) is 0 Å². The number of aromatic nitrogens is 6. The first-order chi connectivity index (χ1) is 13.2.